The quantitative estimate of drug-likeness (QED) is 0.571. The summed E-state index contributed by atoms with van der Waals surface area (Å²) in [6, 6.07) is 0. The van der Waals surface area contributed by atoms with Gasteiger partial charge in [0.2, 0.25) is 0 Å². The Kier molecular flexibility index (Phi) is 5.88. The summed E-state index contributed by atoms with van der Waals surface area (Å²) in [6.45, 7) is 0. The van der Waals surface area contributed by atoms with Gasteiger partial charge in [-0.2, -0.15) is 0 Å². The third kappa shape index (κ3) is 6.10. The number of methoxy groups -OCH3 is 1. The van der Waals surface area contributed by atoms with Gasteiger partial charge in [0.15, 0.2) is 6.10 Å². The molecular weight excluding hydrogens is 176 g/mol. The molecule has 0 aromatic heterocycles. The standard InChI is InChI=1S/C8H13O5/c1-13-6(8(11)12)4-2-3-5-7(9)10/h5-6H,2-4H2,1H3,(H,9,10)(H,11,12). The zero-order valence-corrected chi connectivity index (χ0v) is 7.40. The highest BCUT2D eigenvalue weighted by Crippen LogP contribution is 2.05. The lowest BCUT2D eigenvalue weighted by Crippen LogP contribution is -2.22. The van der Waals surface area contributed by atoms with E-state index in [1.54, 1.807) is 0 Å². The van der Waals surface area contributed by atoms with E-state index in [0.29, 0.717) is 19.3 Å². The average molecular weight is 189 g/mol. The average Bonchev–Trinajstić information content (AvgIpc) is 2.03. The van der Waals surface area contributed by atoms with Crippen LogP contribution in [0.1, 0.15) is 19.3 Å². The summed E-state index contributed by atoms with van der Waals surface area (Å²) < 4.78 is 4.66. The van der Waals surface area contributed by atoms with Crippen molar-refractivity contribution in [3.8, 4) is 0 Å². The Hall–Kier alpha value is -1.10. The van der Waals surface area contributed by atoms with Crippen LogP contribution in [-0.4, -0.2) is 35.4 Å². The van der Waals surface area contributed by atoms with Gasteiger partial charge in [-0.25, -0.2) is 4.79 Å². The predicted molar refractivity (Wildman–Crippen MR) is 44.2 cm³/mol. The fourth-order valence-corrected chi connectivity index (χ4v) is 0.871. The maximum atomic E-state index is 10.4. The third-order valence-electron chi connectivity index (χ3n) is 1.55. The molecule has 0 fully saturated rings. The Morgan fingerprint density at radius 3 is 2.46 bits per heavy atom. The lowest BCUT2D eigenvalue weighted by Gasteiger charge is -2.08. The van der Waals surface area contributed by atoms with Gasteiger partial charge >= 0.3 is 11.9 Å². The highest BCUT2D eigenvalue weighted by molar-refractivity contribution is 5.76. The minimum absolute atomic E-state index is 0.329. The molecule has 0 saturated heterocycles. The van der Waals surface area contributed by atoms with E-state index >= 15 is 0 Å². The summed E-state index contributed by atoms with van der Waals surface area (Å²) in [4.78, 5) is 20.5. The first-order valence-electron chi connectivity index (χ1n) is 3.89. The van der Waals surface area contributed by atoms with E-state index in [1.807, 2.05) is 0 Å². The van der Waals surface area contributed by atoms with Gasteiger partial charge in [0.25, 0.3) is 0 Å². The second-order valence-corrected chi connectivity index (χ2v) is 2.54. The summed E-state index contributed by atoms with van der Waals surface area (Å²) >= 11 is 0. The number of hydrogen-bond donors (Lipinski definition) is 2. The largest absolute Gasteiger partial charge is 0.481 e. The Balaban J connectivity index is 3.50. The molecule has 75 valence electrons. The van der Waals surface area contributed by atoms with Crippen LogP contribution in [0.3, 0.4) is 0 Å². The molecule has 0 rings (SSSR count). The van der Waals surface area contributed by atoms with Crippen molar-refractivity contribution in [2.45, 2.75) is 25.4 Å². The van der Waals surface area contributed by atoms with Gasteiger partial charge < -0.3 is 14.9 Å². The molecule has 5 nitrogen and oxygen atoms in total. The Morgan fingerprint density at radius 1 is 1.46 bits per heavy atom. The normalized spacial score (nSPS) is 12.4. The molecule has 1 unspecified atom stereocenters. The molecule has 0 aliphatic rings. The van der Waals surface area contributed by atoms with Gasteiger partial charge in [-0.15, -0.1) is 0 Å². The highest BCUT2D eigenvalue weighted by Gasteiger charge is 2.15. The van der Waals surface area contributed by atoms with Crippen molar-refractivity contribution in [1.29, 1.82) is 0 Å². The maximum Gasteiger partial charge on any atom is 0.332 e. The second-order valence-electron chi connectivity index (χ2n) is 2.54. The third-order valence-corrected chi connectivity index (χ3v) is 1.55. The first kappa shape index (κ1) is 11.9. The van der Waals surface area contributed by atoms with E-state index in [4.69, 9.17) is 10.2 Å². The van der Waals surface area contributed by atoms with Crippen LogP contribution in [-0.2, 0) is 14.3 Å². The number of ether oxygens (including phenoxy) is 1. The van der Waals surface area contributed by atoms with Crippen LogP contribution >= 0.6 is 0 Å². The van der Waals surface area contributed by atoms with E-state index in [1.165, 1.54) is 7.11 Å². The monoisotopic (exact) mass is 189 g/mol. The Bertz CT molecular complexity index is 177. The maximum absolute atomic E-state index is 10.4. The van der Waals surface area contributed by atoms with E-state index in [9.17, 15) is 9.59 Å². The number of hydrogen-bond acceptors (Lipinski definition) is 3. The van der Waals surface area contributed by atoms with Gasteiger partial charge in [0.05, 0.1) is 6.42 Å². The first-order valence-corrected chi connectivity index (χ1v) is 3.89. The van der Waals surface area contributed by atoms with Crippen LogP contribution in [0.25, 0.3) is 0 Å². The number of carboxylic acids is 2. The summed E-state index contributed by atoms with van der Waals surface area (Å²) in [7, 11) is 1.32. The Labute approximate surface area is 76.3 Å². The molecule has 0 aliphatic carbocycles. The number of carbonyl (C=O) groups is 2. The number of carboxylic acid groups (broad SMARTS) is 2. The van der Waals surface area contributed by atoms with Crippen LogP contribution in [0.2, 0.25) is 0 Å². The topological polar surface area (TPSA) is 83.8 Å². The summed E-state index contributed by atoms with van der Waals surface area (Å²) in [6.07, 6.45) is 1.46. The lowest BCUT2D eigenvalue weighted by molar-refractivity contribution is -0.148. The zero-order valence-electron chi connectivity index (χ0n) is 7.40. The van der Waals surface area contributed by atoms with Gasteiger partial charge in [0.1, 0.15) is 0 Å². The van der Waals surface area contributed by atoms with Gasteiger partial charge in [-0.1, -0.05) is 0 Å². The summed E-state index contributed by atoms with van der Waals surface area (Å²) in [5, 5.41) is 16.8. The fourth-order valence-electron chi connectivity index (χ4n) is 0.871. The molecule has 2 N–H and O–H groups in total. The van der Waals surface area contributed by atoms with Crippen LogP contribution in [0.15, 0.2) is 0 Å². The van der Waals surface area contributed by atoms with Gasteiger partial charge in [0, 0.05) is 7.11 Å². The molecule has 0 aromatic rings. The van der Waals surface area contributed by atoms with Crippen molar-refractivity contribution in [3.05, 3.63) is 6.42 Å². The second kappa shape index (κ2) is 6.42. The molecule has 0 aliphatic heterocycles. The molecule has 0 amide bonds. The smallest absolute Gasteiger partial charge is 0.332 e. The number of rotatable bonds is 7. The van der Waals surface area contributed by atoms with Crippen LogP contribution in [0.5, 0.6) is 0 Å². The fraction of sp³-hybridized carbons (Fsp3) is 0.625. The minimum Gasteiger partial charge on any atom is -0.481 e. The van der Waals surface area contributed by atoms with Crippen molar-refractivity contribution in [1.82, 2.24) is 0 Å². The molecule has 5 heteroatoms. The predicted octanol–water partition coefficient (Wildman–Crippen LogP) is 0.545. The molecule has 1 atom stereocenters. The van der Waals surface area contributed by atoms with Crippen LogP contribution < -0.4 is 0 Å². The van der Waals surface area contributed by atoms with Crippen molar-refractivity contribution >= 4 is 11.9 Å². The van der Waals surface area contributed by atoms with Crippen molar-refractivity contribution in [2.24, 2.45) is 0 Å². The van der Waals surface area contributed by atoms with Gasteiger partial charge in [-0.3, -0.25) is 4.79 Å². The lowest BCUT2D eigenvalue weighted by atomic mass is 10.1. The zero-order chi connectivity index (χ0) is 10.3. The molecule has 13 heavy (non-hydrogen) atoms. The SMILES string of the molecule is COC(CCC[CH]C(=O)O)C(=O)O. The van der Waals surface area contributed by atoms with Gasteiger partial charge in [-0.05, 0) is 19.3 Å². The summed E-state index contributed by atoms with van der Waals surface area (Å²) in [5.41, 5.74) is 0. The molecule has 1 radical (unpaired) electrons. The minimum atomic E-state index is -1.02. The van der Waals surface area contributed by atoms with Crippen molar-refractivity contribution in [2.75, 3.05) is 7.11 Å². The molecule has 0 spiro atoms. The Morgan fingerprint density at radius 2 is 2.08 bits per heavy atom. The van der Waals surface area contributed by atoms with E-state index in [0.717, 1.165) is 6.42 Å². The molecular formula is C8H13O5. The number of aliphatic carboxylic acids is 2. The number of unbranched alkanes of at least 4 members (excludes halogenated alkanes) is 1. The molecule has 0 heterocycles. The van der Waals surface area contributed by atoms with Crippen molar-refractivity contribution < 1.29 is 24.5 Å². The molecule has 0 aromatic carbocycles. The van der Waals surface area contributed by atoms with Crippen molar-refractivity contribution in [3.63, 3.8) is 0 Å². The molecule has 0 bridgehead atoms. The van der Waals surface area contributed by atoms with E-state index in [-0.39, 0.29) is 0 Å². The van der Waals surface area contributed by atoms with E-state index < -0.39 is 18.0 Å². The van der Waals surface area contributed by atoms with Crippen LogP contribution in [0.4, 0.5) is 0 Å². The molecule has 0 saturated carbocycles. The first-order chi connectivity index (χ1) is 6.07. The van der Waals surface area contributed by atoms with Crippen LogP contribution in [0, 0.1) is 6.42 Å². The highest BCUT2D eigenvalue weighted by atomic mass is 16.5. The van der Waals surface area contributed by atoms with E-state index in [2.05, 4.69) is 4.74 Å². The summed E-state index contributed by atoms with van der Waals surface area (Å²) in [5.74, 6) is -2.00.